The van der Waals surface area contributed by atoms with Crippen LogP contribution in [0.3, 0.4) is 0 Å². The number of piperidine rings is 1. The standard InChI is InChI=1S/C26H36N2O2/c1-20-18-27(4)21(2)17-26(20,24-9-7-6-8-10-24)15-16-28(22(3)29)19-23-11-13-25(30-5)14-12-23/h6-14,20-21H,15-19H2,1-5H3/p+1/t20-,21+,26+/m1/s1. The van der Waals surface area contributed by atoms with Crippen LogP contribution < -0.4 is 9.64 Å². The molecule has 0 radical (unpaired) electrons. The van der Waals surface area contributed by atoms with Gasteiger partial charge < -0.3 is 14.5 Å². The highest BCUT2D eigenvalue weighted by atomic mass is 16.5. The Morgan fingerprint density at radius 1 is 1.13 bits per heavy atom. The molecule has 0 saturated carbocycles. The van der Waals surface area contributed by atoms with Crippen LogP contribution in [0.25, 0.3) is 0 Å². The van der Waals surface area contributed by atoms with Crippen molar-refractivity contribution in [2.75, 3.05) is 27.2 Å². The van der Waals surface area contributed by atoms with Crippen molar-refractivity contribution in [1.29, 1.82) is 0 Å². The van der Waals surface area contributed by atoms with E-state index in [1.165, 1.54) is 5.56 Å². The number of likely N-dealkylation sites (tertiary alicyclic amines) is 1. The minimum Gasteiger partial charge on any atom is -0.497 e. The maximum absolute atomic E-state index is 12.5. The first-order valence-corrected chi connectivity index (χ1v) is 11.1. The van der Waals surface area contributed by atoms with E-state index in [-0.39, 0.29) is 11.3 Å². The fourth-order valence-electron chi connectivity index (χ4n) is 5.10. The molecule has 0 bridgehead atoms. The van der Waals surface area contributed by atoms with Gasteiger partial charge in [0.25, 0.3) is 0 Å². The highest BCUT2D eigenvalue weighted by Gasteiger charge is 2.46. The molecule has 162 valence electrons. The number of nitrogens with zero attached hydrogens (tertiary/aromatic N) is 1. The Bertz CT molecular complexity index is 821. The van der Waals surface area contributed by atoms with Crippen molar-refractivity contribution >= 4 is 5.91 Å². The van der Waals surface area contributed by atoms with Crippen molar-refractivity contribution in [2.24, 2.45) is 5.92 Å². The second-order valence-electron chi connectivity index (χ2n) is 9.12. The molecule has 3 rings (SSSR count). The molecule has 4 atom stereocenters. The van der Waals surface area contributed by atoms with Gasteiger partial charge in [0.2, 0.25) is 5.91 Å². The first-order valence-electron chi connectivity index (χ1n) is 11.1. The number of carbonyl (C=O) groups is 1. The lowest BCUT2D eigenvalue weighted by atomic mass is 9.63. The summed E-state index contributed by atoms with van der Waals surface area (Å²) >= 11 is 0. The number of hydrogen-bond acceptors (Lipinski definition) is 2. The van der Waals surface area contributed by atoms with Crippen LogP contribution in [-0.4, -0.2) is 44.1 Å². The average molecular weight is 410 g/mol. The summed E-state index contributed by atoms with van der Waals surface area (Å²) < 4.78 is 5.26. The van der Waals surface area contributed by atoms with E-state index in [9.17, 15) is 4.79 Å². The Kier molecular flexibility index (Phi) is 7.19. The molecule has 1 aliphatic rings. The van der Waals surface area contributed by atoms with Crippen LogP contribution in [0.2, 0.25) is 0 Å². The lowest BCUT2D eigenvalue weighted by Crippen LogP contribution is -3.15. The predicted octanol–water partition coefficient (Wildman–Crippen LogP) is 3.31. The number of rotatable bonds is 7. The largest absolute Gasteiger partial charge is 0.497 e. The highest BCUT2D eigenvalue weighted by Crippen LogP contribution is 2.41. The lowest BCUT2D eigenvalue weighted by molar-refractivity contribution is -0.915. The number of nitrogens with one attached hydrogen (secondary N) is 1. The second kappa shape index (κ2) is 9.65. The summed E-state index contributed by atoms with van der Waals surface area (Å²) in [6, 6.07) is 19.6. The van der Waals surface area contributed by atoms with Crippen LogP contribution in [0.1, 0.15) is 44.7 Å². The van der Waals surface area contributed by atoms with Gasteiger partial charge in [-0.15, -0.1) is 0 Å². The Morgan fingerprint density at radius 3 is 2.40 bits per heavy atom. The number of methoxy groups -OCH3 is 1. The highest BCUT2D eigenvalue weighted by molar-refractivity contribution is 5.73. The summed E-state index contributed by atoms with van der Waals surface area (Å²) in [5.41, 5.74) is 2.66. The lowest BCUT2D eigenvalue weighted by Gasteiger charge is -2.48. The van der Waals surface area contributed by atoms with Gasteiger partial charge in [0, 0.05) is 37.8 Å². The molecule has 1 fully saturated rings. The van der Waals surface area contributed by atoms with Crippen molar-refractivity contribution < 1.29 is 14.4 Å². The number of benzene rings is 2. The van der Waals surface area contributed by atoms with Crippen LogP contribution in [0, 0.1) is 5.92 Å². The normalized spacial score (nSPS) is 26.2. The minimum atomic E-state index is 0.105. The van der Waals surface area contributed by atoms with E-state index in [0.29, 0.717) is 18.5 Å². The van der Waals surface area contributed by atoms with E-state index >= 15 is 0 Å². The molecule has 1 heterocycles. The van der Waals surface area contributed by atoms with Gasteiger partial charge in [-0.2, -0.15) is 0 Å². The zero-order valence-corrected chi connectivity index (χ0v) is 19.2. The first kappa shape index (κ1) is 22.4. The van der Waals surface area contributed by atoms with E-state index < -0.39 is 0 Å². The zero-order valence-electron chi connectivity index (χ0n) is 19.2. The topological polar surface area (TPSA) is 34.0 Å². The second-order valence-corrected chi connectivity index (χ2v) is 9.12. The van der Waals surface area contributed by atoms with E-state index in [4.69, 9.17) is 4.74 Å². The molecule has 30 heavy (non-hydrogen) atoms. The Morgan fingerprint density at radius 2 is 1.80 bits per heavy atom. The molecule has 1 aliphatic heterocycles. The van der Waals surface area contributed by atoms with Crippen molar-refractivity contribution in [2.45, 2.75) is 51.6 Å². The third kappa shape index (κ3) is 4.86. The molecule has 0 aliphatic carbocycles. The summed E-state index contributed by atoms with van der Waals surface area (Å²) in [6.07, 6.45) is 2.14. The molecular formula is C26H37N2O2+. The van der Waals surface area contributed by atoms with Crippen LogP contribution in [-0.2, 0) is 16.8 Å². The smallest absolute Gasteiger partial charge is 0.219 e. The van der Waals surface area contributed by atoms with Gasteiger partial charge >= 0.3 is 0 Å². The summed E-state index contributed by atoms with van der Waals surface area (Å²) in [4.78, 5) is 16.1. The van der Waals surface area contributed by atoms with Gasteiger partial charge in [0.05, 0.1) is 26.7 Å². The molecule has 0 aromatic heterocycles. The summed E-state index contributed by atoms with van der Waals surface area (Å²) in [7, 11) is 3.98. The van der Waals surface area contributed by atoms with Crippen molar-refractivity contribution in [3.63, 3.8) is 0 Å². The summed E-state index contributed by atoms with van der Waals surface area (Å²) in [6.45, 7) is 9.01. The molecule has 1 unspecified atom stereocenters. The Balaban J connectivity index is 1.81. The zero-order chi connectivity index (χ0) is 21.7. The molecule has 1 N–H and O–H groups in total. The van der Waals surface area contributed by atoms with Crippen LogP contribution in [0.5, 0.6) is 5.75 Å². The van der Waals surface area contributed by atoms with Crippen LogP contribution >= 0.6 is 0 Å². The third-order valence-electron chi connectivity index (χ3n) is 7.24. The fourth-order valence-corrected chi connectivity index (χ4v) is 5.10. The Hall–Kier alpha value is -2.33. The number of carbonyl (C=O) groups excluding carboxylic acids is 1. The van der Waals surface area contributed by atoms with Crippen molar-refractivity contribution in [3.8, 4) is 5.75 Å². The SMILES string of the molecule is COc1ccc(CN(CC[C@]2(c3ccccc3)C[C@H](C)[NH+](C)C[C@H]2C)C(C)=O)cc1. The summed E-state index contributed by atoms with van der Waals surface area (Å²) in [5, 5.41) is 0. The van der Waals surface area contributed by atoms with Gasteiger partial charge in [-0.3, -0.25) is 4.79 Å². The van der Waals surface area contributed by atoms with Gasteiger partial charge in [-0.05, 0) is 36.6 Å². The molecular weight excluding hydrogens is 372 g/mol. The molecule has 4 heteroatoms. The van der Waals surface area contributed by atoms with Crippen LogP contribution in [0.15, 0.2) is 54.6 Å². The fraction of sp³-hybridized carbons (Fsp3) is 0.500. The summed E-state index contributed by atoms with van der Waals surface area (Å²) in [5.74, 6) is 1.53. The van der Waals surface area contributed by atoms with Gasteiger partial charge in [0.1, 0.15) is 5.75 Å². The van der Waals surface area contributed by atoms with E-state index in [1.54, 1.807) is 18.9 Å². The number of hydrogen-bond donors (Lipinski definition) is 1. The van der Waals surface area contributed by atoms with Crippen molar-refractivity contribution in [1.82, 2.24) is 4.90 Å². The van der Waals surface area contributed by atoms with E-state index in [1.807, 2.05) is 29.2 Å². The van der Waals surface area contributed by atoms with Gasteiger partial charge in [0.15, 0.2) is 0 Å². The van der Waals surface area contributed by atoms with Crippen molar-refractivity contribution in [3.05, 3.63) is 65.7 Å². The van der Waals surface area contributed by atoms with Gasteiger partial charge in [-0.1, -0.05) is 49.4 Å². The quantitative estimate of drug-likeness (QED) is 0.761. The maximum Gasteiger partial charge on any atom is 0.219 e. The molecule has 2 aromatic carbocycles. The molecule has 2 aromatic rings. The van der Waals surface area contributed by atoms with E-state index in [2.05, 4.69) is 51.2 Å². The number of amides is 1. The van der Waals surface area contributed by atoms with Gasteiger partial charge in [-0.25, -0.2) is 0 Å². The number of quaternary nitrogens is 1. The predicted molar refractivity (Wildman–Crippen MR) is 122 cm³/mol. The number of ether oxygens (including phenoxy) is 1. The molecule has 4 nitrogen and oxygen atoms in total. The molecule has 0 spiro atoms. The molecule has 1 amide bonds. The third-order valence-corrected chi connectivity index (χ3v) is 7.24. The average Bonchev–Trinajstić information content (AvgIpc) is 2.75. The Labute approximate surface area is 181 Å². The minimum absolute atomic E-state index is 0.105. The first-order chi connectivity index (χ1) is 14.4. The van der Waals surface area contributed by atoms with E-state index in [0.717, 1.165) is 37.2 Å². The van der Waals surface area contributed by atoms with Crippen LogP contribution in [0.4, 0.5) is 0 Å². The maximum atomic E-state index is 12.5. The monoisotopic (exact) mass is 409 g/mol. The molecule has 1 saturated heterocycles.